The second kappa shape index (κ2) is 5.21. The Bertz CT molecular complexity index is 470. The van der Waals surface area contributed by atoms with E-state index in [2.05, 4.69) is 5.32 Å². The lowest BCUT2D eigenvalue weighted by Gasteiger charge is -2.29. The van der Waals surface area contributed by atoms with Gasteiger partial charge in [0.1, 0.15) is 17.4 Å². The van der Waals surface area contributed by atoms with Gasteiger partial charge in [0.05, 0.1) is 12.6 Å². The number of benzene rings is 1. The van der Waals surface area contributed by atoms with Gasteiger partial charge in [0.25, 0.3) is 0 Å². The predicted octanol–water partition coefficient (Wildman–Crippen LogP) is 2.44. The molecule has 0 bridgehead atoms. The first-order valence-corrected chi connectivity index (χ1v) is 6.66. The minimum atomic E-state index is -0.384. The quantitative estimate of drug-likeness (QED) is 0.848. The van der Waals surface area contributed by atoms with Crippen LogP contribution in [0.2, 0.25) is 0 Å². The van der Waals surface area contributed by atoms with E-state index in [1.807, 2.05) is 52.0 Å². The van der Waals surface area contributed by atoms with Gasteiger partial charge in [0.2, 0.25) is 0 Å². The zero-order valence-electron chi connectivity index (χ0n) is 11.9. The summed E-state index contributed by atoms with van der Waals surface area (Å²) in [6.45, 7) is 8.05. The van der Waals surface area contributed by atoms with Crippen LogP contribution in [0.4, 0.5) is 0 Å². The van der Waals surface area contributed by atoms with Crippen molar-refractivity contribution < 1.29 is 14.3 Å². The zero-order chi connectivity index (χ0) is 14.0. The fraction of sp³-hybridized carbons (Fsp3) is 0.533. The number of nitrogens with one attached hydrogen (secondary N) is 1. The number of esters is 1. The molecule has 2 rings (SSSR count). The third-order valence-corrected chi connectivity index (χ3v) is 3.36. The normalized spacial score (nSPS) is 21.4. The Labute approximate surface area is 114 Å². The molecular weight excluding hydrogens is 242 g/mol. The van der Waals surface area contributed by atoms with E-state index in [0.717, 1.165) is 11.3 Å². The molecule has 1 heterocycles. The summed E-state index contributed by atoms with van der Waals surface area (Å²) in [5.41, 5.74) is 0.702. The van der Waals surface area contributed by atoms with E-state index in [1.165, 1.54) is 0 Å². The number of rotatable bonds is 4. The highest BCUT2D eigenvalue weighted by Crippen LogP contribution is 2.42. The average molecular weight is 263 g/mol. The van der Waals surface area contributed by atoms with Gasteiger partial charge in [0, 0.05) is 5.56 Å². The van der Waals surface area contributed by atoms with Gasteiger partial charge in [-0.15, -0.1) is 0 Å². The van der Waals surface area contributed by atoms with Gasteiger partial charge in [-0.1, -0.05) is 18.2 Å². The largest absolute Gasteiger partial charge is 0.486 e. The SMILES string of the molecule is CCOC(=O)C(C)NC1c2ccccc2OC1(C)C. The van der Waals surface area contributed by atoms with E-state index >= 15 is 0 Å². The van der Waals surface area contributed by atoms with Crippen LogP contribution in [0.15, 0.2) is 24.3 Å². The molecule has 0 fully saturated rings. The first-order chi connectivity index (χ1) is 8.95. The van der Waals surface area contributed by atoms with Crippen LogP contribution in [0.1, 0.15) is 39.3 Å². The predicted molar refractivity (Wildman–Crippen MR) is 73.1 cm³/mol. The van der Waals surface area contributed by atoms with Crippen LogP contribution in [-0.2, 0) is 9.53 Å². The molecule has 4 nitrogen and oxygen atoms in total. The van der Waals surface area contributed by atoms with Gasteiger partial charge in [0.15, 0.2) is 0 Å². The Morgan fingerprint density at radius 3 is 2.84 bits per heavy atom. The van der Waals surface area contributed by atoms with Crippen LogP contribution in [-0.4, -0.2) is 24.2 Å². The van der Waals surface area contributed by atoms with Crippen LogP contribution in [0.3, 0.4) is 0 Å². The number of carbonyl (C=O) groups excluding carboxylic acids is 1. The van der Waals surface area contributed by atoms with Crippen molar-refractivity contribution in [1.29, 1.82) is 0 Å². The van der Waals surface area contributed by atoms with Crippen molar-refractivity contribution in [2.45, 2.75) is 45.4 Å². The summed E-state index contributed by atoms with van der Waals surface area (Å²) < 4.78 is 11.0. The number of hydrogen-bond donors (Lipinski definition) is 1. The maximum Gasteiger partial charge on any atom is 0.322 e. The van der Waals surface area contributed by atoms with Gasteiger partial charge in [-0.2, -0.15) is 0 Å². The second-order valence-electron chi connectivity index (χ2n) is 5.32. The van der Waals surface area contributed by atoms with Gasteiger partial charge in [-0.25, -0.2) is 0 Å². The van der Waals surface area contributed by atoms with Crippen molar-refractivity contribution in [1.82, 2.24) is 5.32 Å². The van der Waals surface area contributed by atoms with E-state index in [9.17, 15) is 4.79 Å². The molecule has 1 aliphatic rings. The van der Waals surface area contributed by atoms with E-state index in [1.54, 1.807) is 0 Å². The van der Waals surface area contributed by atoms with Gasteiger partial charge in [-0.3, -0.25) is 10.1 Å². The molecule has 0 aromatic heterocycles. The van der Waals surface area contributed by atoms with E-state index in [-0.39, 0.29) is 23.7 Å². The Hall–Kier alpha value is -1.55. The van der Waals surface area contributed by atoms with Crippen molar-refractivity contribution in [3.8, 4) is 5.75 Å². The standard InChI is InChI=1S/C15H21NO3/c1-5-18-14(17)10(2)16-13-11-8-6-7-9-12(11)19-15(13,3)4/h6-10,13,16H,5H2,1-4H3. The van der Waals surface area contributed by atoms with Crippen LogP contribution >= 0.6 is 0 Å². The van der Waals surface area contributed by atoms with Gasteiger partial charge < -0.3 is 9.47 Å². The van der Waals surface area contributed by atoms with Crippen molar-refractivity contribution in [2.24, 2.45) is 0 Å². The minimum Gasteiger partial charge on any atom is -0.486 e. The monoisotopic (exact) mass is 263 g/mol. The summed E-state index contributed by atoms with van der Waals surface area (Å²) in [7, 11) is 0. The van der Waals surface area contributed by atoms with Crippen LogP contribution < -0.4 is 10.1 Å². The molecule has 0 saturated heterocycles. The molecule has 2 unspecified atom stereocenters. The van der Waals surface area contributed by atoms with E-state index < -0.39 is 0 Å². The van der Waals surface area contributed by atoms with Crippen LogP contribution in [0.5, 0.6) is 5.75 Å². The number of hydrogen-bond acceptors (Lipinski definition) is 4. The Morgan fingerprint density at radius 1 is 1.47 bits per heavy atom. The number of carbonyl (C=O) groups is 1. The molecule has 2 atom stereocenters. The Morgan fingerprint density at radius 2 is 2.16 bits per heavy atom. The molecule has 1 aromatic rings. The summed E-state index contributed by atoms with van der Waals surface area (Å²) in [4.78, 5) is 11.7. The van der Waals surface area contributed by atoms with Crippen LogP contribution in [0, 0.1) is 0 Å². The van der Waals surface area contributed by atoms with Gasteiger partial charge in [-0.05, 0) is 33.8 Å². The highest BCUT2D eigenvalue weighted by molar-refractivity contribution is 5.75. The lowest BCUT2D eigenvalue weighted by Crippen LogP contribution is -2.46. The Kier molecular flexibility index (Phi) is 3.80. The molecule has 0 radical (unpaired) electrons. The smallest absolute Gasteiger partial charge is 0.322 e. The topological polar surface area (TPSA) is 47.6 Å². The third kappa shape index (κ3) is 2.73. The zero-order valence-corrected chi connectivity index (χ0v) is 11.9. The molecule has 0 amide bonds. The highest BCUT2D eigenvalue weighted by Gasteiger charge is 2.42. The molecule has 104 valence electrons. The van der Waals surface area contributed by atoms with Crippen molar-refractivity contribution in [2.75, 3.05) is 6.61 Å². The maximum atomic E-state index is 11.7. The summed E-state index contributed by atoms with van der Waals surface area (Å²) in [5, 5.41) is 3.31. The molecule has 0 spiro atoms. The lowest BCUT2D eigenvalue weighted by molar-refractivity contribution is -0.145. The third-order valence-electron chi connectivity index (χ3n) is 3.36. The fourth-order valence-corrected chi connectivity index (χ4v) is 2.40. The van der Waals surface area contributed by atoms with E-state index in [4.69, 9.17) is 9.47 Å². The molecule has 1 N–H and O–H groups in total. The summed E-state index contributed by atoms with van der Waals surface area (Å²) in [6, 6.07) is 7.52. The molecule has 0 aliphatic carbocycles. The molecule has 0 saturated carbocycles. The molecule has 1 aromatic carbocycles. The second-order valence-corrected chi connectivity index (χ2v) is 5.32. The lowest BCUT2D eigenvalue weighted by atomic mass is 9.94. The molecular formula is C15H21NO3. The molecule has 1 aliphatic heterocycles. The van der Waals surface area contributed by atoms with E-state index in [0.29, 0.717) is 6.61 Å². The van der Waals surface area contributed by atoms with Crippen LogP contribution in [0.25, 0.3) is 0 Å². The number of fused-ring (bicyclic) bond motifs is 1. The van der Waals surface area contributed by atoms with Crippen molar-refractivity contribution >= 4 is 5.97 Å². The summed E-state index contributed by atoms with van der Waals surface area (Å²) in [6.07, 6.45) is 0. The van der Waals surface area contributed by atoms with Crippen molar-refractivity contribution in [3.05, 3.63) is 29.8 Å². The van der Waals surface area contributed by atoms with Crippen molar-refractivity contribution in [3.63, 3.8) is 0 Å². The number of ether oxygens (including phenoxy) is 2. The maximum absolute atomic E-state index is 11.7. The van der Waals surface area contributed by atoms with Gasteiger partial charge >= 0.3 is 5.97 Å². The summed E-state index contributed by atoms with van der Waals surface area (Å²) in [5.74, 6) is 0.642. The molecule has 19 heavy (non-hydrogen) atoms. The Balaban J connectivity index is 2.17. The first kappa shape index (κ1) is 13.9. The summed E-state index contributed by atoms with van der Waals surface area (Å²) >= 11 is 0. The highest BCUT2D eigenvalue weighted by atomic mass is 16.5. The average Bonchev–Trinajstić information content (AvgIpc) is 2.61. The minimum absolute atomic E-state index is 0.0249. The first-order valence-electron chi connectivity index (χ1n) is 6.66. The fourth-order valence-electron chi connectivity index (χ4n) is 2.40. The molecule has 4 heteroatoms. The number of para-hydroxylation sites is 1.